The quantitative estimate of drug-likeness (QED) is 0.474. The van der Waals surface area contributed by atoms with E-state index in [0.29, 0.717) is 29.2 Å². The molecule has 1 aliphatic heterocycles. The van der Waals surface area contributed by atoms with Gasteiger partial charge in [0.15, 0.2) is 5.76 Å². The van der Waals surface area contributed by atoms with E-state index in [4.69, 9.17) is 9.47 Å². The van der Waals surface area contributed by atoms with E-state index in [9.17, 15) is 9.59 Å². The van der Waals surface area contributed by atoms with Crippen LogP contribution in [-0.2, 0) is 4.74 Å². The number of ether oxygens (including phenoxy) is 3. The van der Waals surface area contributed by atoms with Crippen LogP contribution in [0.1, 0.15) is 26.3 Å². The normalized spacial score (nSPS) is 14.0. The zero-order valence-electron chi connectivity index (χ0n) is 13.7. The van der Waals surface area contributed by atoms with Gasteiger partial charge < -0.3 is 14.2 Å². The van der Waals surface area contributed by atoms with Crippen LogP contribution in [0, 0.1) is 0 Å². The van der Waals surface area contributed by atoms with Gasteiger partial charge in [0.2, 0.25) is 5.78 Å². The number of methoxy groups -OCH3 is 1. The molecule has 2 aromatic rings. The third-order valence-corrected chi connectivity index (χ3v) is 3.63. The molecule has 5 nitrogen and oxygen atoms in total. The smallest absolute Gasteiger partial charge is 0.337 e. The molecule has 0 aliphatic carbocycles. The van der Waals surface area contributed by atoms with E-state index < -0.39 is 5.97 Å². The third kappa shape index (κ3) is 3.45. The Labute approximate surface area is 145 Å². The van der Waals surface area contributed by atoms with Gasteiger partial charge in [0.25, 0.3) is 0 Å². The second-order valence-corrected chi connectivity index (χ2v) is 5.31. The number of ketones is 1. The summed E-state index contributed by atoms with van der Waals surface area (Å²) in [6, 6.07) is 11.9. The van der Waals surface area contributed by atoms with Gasteiger partial charge in [-0.15, -0.1) is 0 Å². The summed E-state index contributed by atoms with van der Waals surface area (Å²) < 4.78 is 15.7. The minimum atomic E-state index is -0.497. The number of esters is 1. The van der Waals surface area contributed by atoms with Gasteiger partial charge in [0, 0.05) is 0 Å². The van der Waals surface area contributed by atoms with Gasteiger partial charge in [-0.2, -0.15) is 0 Å². The topological polar surface area (TPSA) is 61.8 Å². The minimum absolute atomic E-state index is 0.205. The molecule has 0 atom stereocenters. The van der Waals surface area contributed by atoms with Crippen LogP contribution in [0.3, 0.4) is 0 Å². The maximum atomic E-state index is 12.5. The fourth-order valence-electron chi connectivity index (χ4n) is 2.40. The van der Waals surface area contributed by atoms with Gasteiger partial charge in [-0.3, -0.25) is 4.79 Å². The molecule has 0 spiro atoms. The predicted octanol–water partition coefficient (Wildman–Crippen LogP) is 3.65. The fourth-order valence-corrected chi connectivity index (χ4v) is 2.40. The highest BCUT2D eigenvalue weighted by Gasteiger charge is 2.28. The average molecular weight is 336 g/mol. The number of Topliss-reactive ketones (excluding diaryl/α,β-unsaturated/α-hetero) is 1. The SMILES string of the molecule is C=CCOc1ccc(C=C2Oc3ccc(C(=O)OC)cc3C2=O)cc1. The second kappa shape index (κ2) is 7.05. The number of rotatable bonds is 5. The van der Waals surface area contributed by atoms with Gasteiger partial charge in [-0.05, 0) is 42.0 Å². The predicted molar refractivity (Wildman–Crippen MR) is 92.9 cm³/mol. The minimum Gasteiger partial charge on any atom is -0.490 e. The van der Waals surface area contributed by atoms with E-state index in [2.05, 4.69) is 11.3 Å². The van der Waals surface area contributed by atoms with E-state index in [1.54, 1.807) is 36.4 Å². The first-order chi connectivity index (χ1) is 12.1. The Bertz CT molecular complexity index is 862. The van der Waals surface area contributed by atoms with E-state index in [-0.39, 0.29) is 11.5 Å². The number of carbonyl (C=O) groups is 2. The lowest BCUT2D eigenvalue weighted by Crippen LogP contribution is -2.02. The summed E-state index contributed by atoms with van der Waals surface area (Å²) in [5.41, 5.74) is 1.46. The molecule has 1 aliphatic rings. The Morgan fingerprint density at radius 3 is 2.64 bits per heavy atom. The van der Waals surface area contributed by atoms with Crippen molar-refractivity contribution in [3.05, 3.63) is 77.6 Å². The van der Waals surface area contributed by atoms with E-state index >= 15 is 0 Å². The number of hydrogen-bond acceptors (Lipinski definition) is 5. The van der Waals surface area contributed by atoms with Gasteiger partial charge in [0.05, 0.1) is 18.2 Å². The number of allylic oxidation sites excluding steroid dienone is 1. The zero-order valence-corrected chi connectivity index (χ0v) is 13.7. The zero-order chi connectivity index (χ0) is 17.8. The molecule has 0 unspecified atom stereocenters. The van der Waals surface area contributed by atoms with E-state index in [0.717, 1.165) is 5.56 Å². The van der Waals surface area contributed by atoms with Crippen molar-refractivity contribution in [2.24, 2.45) is 0 Å². The molecule has 0 fully saturated rings. The van der Waals surface area contributed by atoms with Crippen LogP contribution in [-0.4, -0.2) is 25.5 Å². The molecule has 0 N–H and O–H groups in total. The molecule has 0 bridgehead atoms. The maximum absolute atomic E-state index is 12.5. The first-order valence-corrected chi connectivity index (χ1v) is 7.62. The summed E-state index contributed by atoms with van der Waals surface area (Å²) >= 11 is 0. The van der Waals surface area contributed by atoms with Crippen molar-refractivity contribution in [2.45, 2.75) is 0 Å². The summed E-state index contributed by atoms with van der Waals surface area (Å²) in [4.78, 5) is 24.1. The number of hydrogen-bond donors (Lipinski definition) is 0. The molecule has 2 aromatic carbocycles. The van der Waals surface area contributed by atoms with Crippen LogP contribution in [0.5, 0.6) is 11.5 Å². The molecule has 126 valence electrons. The summed E-state index contributed by atoms with van der Waals surface area (Å²) in [6.07, 6.45) is 3.32. The molecule has 1 heterocycles. The molecule has 0 saturated carbocycles. The van der Waals surface area contributed by atoms with Gasteiger partial charge in [-0.1, -0.05) is 24.8 Å². The van der Waals surface area contributed by atoms with Crippen molar-refractivity contribution >= 4 is 17.8 Å². The largest absolute Gasteiger partial charge is 0.490 e. The summed E-state index contributed by atoms with van der Waals surface area (Å²) in [5, 5.41) is 0. The van der Waals surface area contributed by atoms with Gasteiger partial charge in [-0.25, -0.2) is 4.79 Å². The van der Waals surface area contributed by atoms with Gasteiger partial charge >= 0.3 is 5.97 Å². The molecule has 25 heavy (non-hydrogen) atoms. The molecular weight excluding hydrogens is 320 g/mol. The lowest BCUT2D eigenvalue weighted by atomic mass is 10.1. The van der Waals surface area contributed by atoms with Crippen molar-refractivity contribution in [1.82, 2.24) is 0 Å². The van der Waals surface area contributed by atoms with Crippen molar-refractivity contribution in [2.75, 3.05) is 13.7 Å². The van der Waals surface area contributed by atoms with Crippen LogP contribution in [0.15, 0.2) is 60.9 Å². The second-order valence-electron chi connectivity index (χ2n) is 5.31. The maximum Gasteiger partial charge on any atom is 0.337 e. The first kappa shape index (κ1) is 16.5. The number of fused-ring (bicyclic) bond motifs is 1. The van der Waals surface area contributed by atoms with Crippen molar-refractivity contribution < 1.29 is 23.8 Å². The van der Waals surface area contributed by atoms with E-state index in [1.165, 1.54) is 13.2 Å². The third-order valence-electron chi connectivity index (χ3n) is 3.63. The average Bonchev–Trinajstić information content (AvgIpc) is 2.95. The molecular formula is C20H16O5. The van der Waals surface area contributed by atoms with Crippen molar-refractivity contribution in [3.8, 4) is 11.5 Å². The Balaban J connectivity index is 1.82. The van der Waals surface area contributed by atoms with Crippen LogP contribution in [0.2, 0.25) is 0 Å². The van der Waals surface area contributed by atoms with Crippen molar-refractivity contribution in [1.29, 1.82) is 0 Å². The van der Waals surface area contributed by atoms with Crippen LogP contribution >= 0.6 is 0 Å². The molecule has 0 saturated heterocycles. The Kier molecular flexibility index (Phi) is 4.66. The Hall–Kier alpha value is -3.34. The van der Waals surface area contributed by atoms with Gasteiger partial charge in [0.1, 0.15) is 18.1 Å². The lowest BCUT2D eigenvalue weighted by molar-refractivity contribution is 0.0600. The van der Waals surface area contributed by atoms with Crippen LogP contribution in [0.25, 0.3) is 6.08 Å². The van der Waals surface area contributed by atoms with Crippen molar-refractivity contribution in [3.63, 3.8) is 0 Å². The van der Waals surface area contributed by atoms with Crippen LogP contribution < -0.4 is 9.47 Å². The standard InChI is InChI=1S/C20H16O5/c1-3-10-24-15-7-4-13(5-8-15)11-18-19(21)16-12-14(20(22)23-2)6-9-17(16)25-18/h3-9,11-12H,1,10H2,2H3. The first-order valence-electron chi connectivity index (χ1n) is 7.62. The molecule has 0 amide bonds. The van der Waals surface area contributed by atoms with E-state index in [1.807, 2.05) is 12.1 Å². The molecule has 0 aromatic heterocycles. The highest BCUT2D eigenvalue weighted by atomic mass is 16.5. The molecule has 5 heteroatoms. The van der Waals surface area contributed by atoms with Crippen LogP contribution in [0.4, 0.5) is 0 Å². The fraction of sp³-hybridized carbons (Fsp3) is 0.100. The Morgan fingerprint density at radius 2 is 1.96 bits per heavy atom. The number of benzene rings is 2. The highest BCUT2D eigenvalue weighted by Crippen LogP contribution is 2.32. The molecule has 3 rings (SSSR count). The highest BCUT2D eigenvalue weighted by molar-refractivity contribution is 6.15. The monoisotopic (exact) mass is 336 g/mol. The summed E-state index contributed by atoms with van der Waals surface area (Å²) in [5.74, 6) is 0.578. The molecule has 0 radical (unpaired) electrons. The summed E-state index contributed by atoms with van der Waals surface area (Å²) in [6.45, 7) is 4.03. The Morgan fingerprint density at radius 1 is 1.20 bits per heavy atom. The number of carbonyl (C=O) groups excluding carboxylic acids is 2. The lowest BCUT2D eigenvalue weighted by Gasteiger charge is -2.03. The summed E-state index contributed by atoms with van der Waals surface area (Å²) in [7, 11) is 1.29.